The van der Waals surface area contributed by atoms with E-state index in [1.54, 1.807) is 0 Å². The van der Waals surface area contributed by atoms with Crippen molar-refractivity contribution >= 4 is 11.8 Å². The molecule has 2 nitrogen and oxygen atoms in total. The first kappa shape index (κ1) is 23.2. The molecule has 0 bridgehead atoms. The van der Waals surface area contributed by atoms with Gasteiger partial charge >= 0.3 is 0 Å². The first-order valence-electron chi connectivity index (χ1n) is 11.5. The van der Waals surface area contributed by atoms with Crippen LogP contribution in [0.3, 0.4) is 0 Å². The molecule has 2 heteroatoms. The number of nitrogens with two attached hydrogens (primary N) is 1. The van der Waals surface area contributed by atoms with E-state index in [9.17, 15) is 0 Å². The molecule has 0 amide bonds. The third-order valence-electron chi connectivity index (χ3n) is 5.77. The maximum absolute atomic E-state index is 6.26. The maximum atomic E-state index is 6.26. The number of nitrogens with zero attached hydrogens (tertiary/aromatic N) is 1. The van der Waals surface area contributed by atoms with E-state index in [0.717, 1.165) is 6.54 Å². The summed E-state index contributed by atoms with van der Waals surface area (Å²) in [6.45, 7) is 5.25. The van der Waals surface area contributed by atoms with Gasteiger partial charge in [-0.1, -0.05) is 99.6 Å². The Bertz CT molecular complexity index is 706. The van der Waals surface area contributed by atoms with Crippen molar-refractivity contribution in [1.82, 2.24) is 0 Å². The Morgan fingerprint density at radius 1 is 0.724 bits per heavy atom. The number of aryl methyl sites for hydroxylation is 1. The molecule has 0 heterocycles. The van der Waals surface area contributed by atoms with Gasteiger partial charge in [-0.3, -0.25) is 0 Å². The second-order valence-electron chi connectivity index (χ2n) is 8.20. The lowest BCUT2D eigenvalue weighted by molar-refractivity contribution is 0.558. The van der Waals surface area contributed by atoms with Crippen LogP contribution in [0.25, 0.3) is 6.08 Å². The zero-order valence-corrected chi connectivity index (χ0v) is 18.6. The predicted octanol–water partition coefficient (Wildman–Crippen LogP) is 7.60. The average molecular weight is 393 g/mol. The van der Waals surface area contributed by atoms with Gasteiger partial charge < -0.3 is 5.01 Å². The Kier molecular flexibility index (Phi) is 11.2. The quantitative estimate of drug-likeness (QED) is 0.204. The minimum Gasteiger partial charge on any atom is -0.311 e. The molecular weight excluding hydrogens is 352 g/mol. The second-order valence-corrected chi connectivity index (χ2v) is 8.20. The molecule has 0 aliphatic carbocycles. The fourth-order valence-electron chi connectivity index (χ4n) is 3.73. The molecule has 158 valence electrons. The normalized spacial score (nSPS) is 11.3. The van der Waals surface area contributed by atoms with Crippen molar-refractivity contribution < 1.29 is 0 Å². The largest absolute Gasteiger partial charge is 0.311 e. The van der Waals surface area contributed by atoms with E-state index in [0.29, 0.717) is 0 Å². The standard InChI is InChI=1S/C27H40N2/c1-24-18-17-22-27(25(24)2)29(28)23-16-11-9-7-5-3-4-6-8-10-13-19-26-20-14-12-15-21-26/h12-15,17-22H,3-11,16,23,28H2,1-2H3. The number of hydrogen-bond donors (Lipinski definition) is 1. The van der Waals surface area contributed by atoms with E-state index < -0.39 is 0 Å². The molecule has 0 atom stereocenters. The highest BCUT2D eigenvalue weighted by Crippen LogP contribution is 2.21. The van der Waals surface area contributed by atoms with Gasteiger partial charge in [0.25, 0.3) is 0 Å². The van der Waals surface area contributed by atoms with Gasteiger partial charge in [-0.2, -0.15) is 0 Å². The molecular formula is C27H40N2. The number of rotatable bonds is 14. The summed E-state index contributed by atoms with van der Waals surface area (Å²) in [6.07, 6.45) is 17.7. The molecule has 0 saturated carbocycles. The topological polar surface area (TPSA) is 29.3 Å². The molecule has 0 aliphatic heterocycles. The molecule has 29 heavy (non-hydrogen) atoms. The van der Waals surface area contributed by atoms with Gasteiger partial charge in [-0.25, -0.2) is 5.84 Å². The van der Waals surface area contributed by atoms with E-state index in [4.69, 9.17) is 5.84 Å². The van der Waals surface area contributed by atoms with Gasteiger partial charge in [0.1, 0.15) is 0 Å². The number of benzene rings is 2. The van der Waals surface area contributed by atoms with E-state index in [1.165, 1.54) is 86.6 Å². The van der Waals surface area contributed by atoms with Gasteiger partial charge in [0.05, 0.1) is 5.69 Å². The van der Waals surface area contributed by atoms with Crippen LogP contribution in [0.2, 0.25) is 0 Å². The number of allylic oxidation sites excluding steroid dienone is 1. The van der Waals surface area contributed by atoms with Crippen LogP contribution in [-0.2, 0) is 0 Å². The summed E-state index contributed by atoms with van der Waals surface area (Å²) < 4.78 is 0. The Balaban J connectivity index is 1.40. The van der Waals surface area contributed by atoms with Crippen LogP contribution in [0.5, 0.6) is 0 Å². The number of unbranched alkanes of at least 4 members (excludes halogenated alkanes) is 9. The summed E-state index contributed by atoms with van der Waals surface area (Å²) in [5, 5.41) is 1.93. The number of anilines is 1. The third-order valence-corrected chi connectivity index (χ3v) is 5.77. The van der Waals surface area contributed by atoms with Gasteiger partial charge in [0.15, 0.2) is 0 Å². The first-order chi connectivity index (χ1) is 14.2. The molecule has 2 rings (SSSR count). The summed E-state index contributed by atoms with van der Waals surface area (Å²) in [7, 11) is 0. The van der Waals surface area contributed by atoms with Crippen LogP contribution in [0.15, 0.2) is 54.6 Å². The molecule has 2 aromatic rings. The highest BCUT2D eigenvalue weighted by molar-refractivity contribution is 5.54. The van der Waals surface area contributed by atoms with Crippen molar-refractivity contribution in [3.63, 3.8) is 0 Å². The summed E-state index contributed by atoms with van der Waals surface area (Å²) in [5.41, 5.74) is 5.08. The minimum atomic E-state index is 0.945. The first-order valence-corrected chi connectivity index (χ1v) is 11.5. The third kappa shape index (κ3) is 9.32. The van der Waals surface area contributed by atoms with Crippen LogP contribution in [-0.4, -0.2) is 6.54 Å². The second kappa shape index (κ2) is 14.0. The van der Waals surface area contributed by atoms with Crippen LogP contribution < -0.4 is 10.9 Å². The highest BCUT2D eigenvalue weighted by Gasteiger charge is 2.06. The Morgan fingerprint density at radius 2 is 1.34 bits per heavy atom. The van der Waals surface area contributed by atoms with E-state index in [2.05, 4.69) is 74.5 Å². The van der Waals surface area contributed by atoms with Gasteiger partial charge in [0.2, 0.25) is 0 Å². The molecule has 2 N–H and O–H groups in total. The van der Waals surface area contributed by atoms with Gasteiger partial charge in [0, 0.05) is 6.54 Å². The van der Waals surface area contributed by atoms with Crippen LogP contribution >= 0.6 is 0 Å². The van der Waals surface area contributed by atoms with Gasteiger partial charge in [-0.15, -0.1) is 0 Å². The fraction of sp³-hybridized carbons (Fsp3) is 0.481. The van der Waals surface area contributed by atoms with Crippen molar-refractivity contribution in [2.24, 2.45) is 5.84 Å². The van der Waals surface area contributed by atoms with Crippen molar-refractivity contribution in [1.29, 1.82) is 0 Å². The molecule has 0 unspecified atom stereocenters. The van der Waals surface area contributed by atoms with Crippen LogP contribution in [0.4, 0.5) is 5.69 Å². The zero-order chi connectivity index (χ0) is 20.7. The lowest BCUT2D eigenvalue weighted by Crippen LogP contribution is -2.32. The van der Waals surface area contributed by atoms with E-state index in [-0.39, 0.29) is 0 Å². The SMILES string of the molecule is Cc1cccc(N(N)CCCCCCCCCCCC=Cc2ccccc2)c1C. The van der Waals surface area contributed by atoms with Gasteiger partial charge in [-0.05, 0) is 55.9 Å². The molecule has 2 aromatic carbocycles. The van der Waals surface area contributed by atoms with E-state index in [1.807, 2.05) is 5.01 Å². The van der Waals surface area contributed by atoms with Crippen LogP contribution in [0, 0.1) is 13.8 Å². The van der Waals surface area contributed by atoms with Crippen molar-refractivity contribution in [3.8, 4) is 0 Å². The maximum Gasteiger partial charge on any atom is 0.0548 e. The Hall–Kier alpha value is -2.06. The molecule has 0 saturated heterocycles. The molecule has 0 radical (unpaired) electrons. The Labute approximate surface area is 178 Å². The average Bonchev–Trinajstić information content (AvgIpc) is 2.74. The summed E-state index contributed by atoms with van der Waals surface area (Å²) in [6, 6.07) is 16.9. The van der Waals surface area contributed by atoms with Crippen molar-refractivity contribution in [3.05, 3.63) is 71.3 Å². The summed E-state index contributed by atoms with van der Waals surface area (Å²) in [4.78, 5) is 0. The van der Waals surface area contributed by atoms with Crippen molar-refractivity contribution in [2.75, 3.05) is 11.6 Å². The molecule has 0 aromatic heterocycles. The zero-order valence-electron chi connectivity index (χ0n) is 18.6. The van der Waals surface area contributed by atoms with Crippen LogP contribution in [0.1, 0.15) is 80.9 Å². The summed E-state index contributed by atoms with van der Waals surface area (Å²) >= 11 is 0. The number of hydrazine groups is 1. The van der Waals surface area contributed by atoms with Crippen molar-refractivity contribution in [2.45, 2.75) is 78.1 Å². The molecule has 0 spiro atoms. The smallest absolute Gasteiger partial charge is 0.0548 e. The van der Waals surface area contributed by atoms with E-state index >= 15 is 0 Å². The lowest BCUT2D eigenvalue weighted by Gasteiger charge is -2.21. The fourth-order valence-corrected chi connectivity index (χ4v) is 3.73. The Morgan fingerprint density at radius 3 is 2.03 bits per heavy atom. The monoisotopic (exact) mass is 392 g/mol. The highest BCUT2D eigenvalue weighted by atomic mass is 15.4. The molecule has 0 aliphatic rings. The number of hydrogen-bond acceptors (Lipinski definition) is 2. The summed E-state index contributed by atoms with van der Waals surface area (Å²) in [5.74, 6) is 6.26. The predicted molar refractivity (Wildman–Crippen MR) is 129 cm³/mol. The molecule has 0 fully saturated rings. The minimum absolute atomic E-state index is 0.945. The lowest BCUT2D eigenvalue weighted by atomic mass is 10.1.